The topological polar surface area (TPSA) is 56.5 Å². The Labute approximate surface area is 289 Å². The van der Waals surface area contributed by atoms with Crippen LogP contribution in [-0.2, 0) is 5.41 Å². The highest BCUT2D eigenvalue weighted by Crippen LogP contribution is 2.51. The normalized spacial score (nSPS) is 13.2. The van der Waals surface area contributed by atoms with Crippen LogP contribution >= 0.6 is 0 Å². The zero-order valence-corrected chi connectivity index (χ0v) is 27.7. The number of fused-ring (bicyclic) bond motifs is 7. The van der Waals surface area contributed by atoms with Crippen LogP contribution in [0.2, 0.25) is 0 Å². The Morgan fingerprint density at radius 2 is 1.14 bits per heavy atom. The van der Waals surface area contributed by atoms with Gasteiger partial charge in [-0.2, -0.15) is 0 Å². The predicted molar refractivity (Wildman–Crippen MR) is 203 cm³/mol. The maximum atomic E-state index is 5.08. The molecule has 1 aliphatic rings. The van der Waals surface area contributed by atoms with Crippen molar-refractivity contribution in [3.8, 4) is 51.1 Å². The highest BCUT2D eigenvalue weighted by molar-refractivity contribution is 6.11. The quantitative estimate of drug-likeness (QED) is 0.192. The van der Waals surface area contributed by atoms with Crippen LogP contribution in [0, 0.1) is 0 Å². The molecule has 0 unspecified atom stereocenters. The van der Waals surface area contributed by atoms with E-state index in [1.165, 1.54) is 38.4 Å². The van der Waals surface area contributed by atoms with Crippen LogP contribution in [0.5, 0.6) is 0 Å². The van der Waals surface area contributed by atoms with Gasteiger partial charge in [0.1, 0.15) is 5.82 Å². The fraction of sp³-hybridized carbons (Fsp3) is 0.0667. The first-order valence-corrected chi connectivity index (χ1v) is 17.0. The molecule has 3 heterocycles. The molecule has 236 valence electrons. The summed E-state index contributed by atoms with van der Waals surface area (Å²) in [7, 11) is 0. The molecule has 0 saturated carbocycles. The van der Waals surface area contributed by atoms with Crippen LogP contribution in [0.1, 0.15) is 25.0 Å². The number of benzene rings is 6. The van der Waals surface area contributed by atoms with Gasteiger partial charge in [0.05, 0.1) is 11.0 Å². The molecule has 50 heavy (non-hydrogen) atoms. The molecule has 0 N–H and O–H groups in total. The maximum absolute atomic E-state index is 5.08. The Morgan fingerprint density at radius 1 is 0.460 bits per heavy atom. The van der Waals surface area contributed by atoms with Gasteiger partial charge in [-0.25, -0.2) is 19.9 Å². The average molecular weight is 642 g/mol. The zero-order chi connectivity index (χ0) is 33.4. The van der Waals surface area contributed by atoms with Gasteiger partial charge in [0.2, 0.25) is 0 Å². The lowest BCUT2D eigenvalue weighted by Crippen LogP contribution is -2.15. The van der Waals surface area contributed by atoms with Gasteiger partial charge < -0.3 is 0 Å². The minimum Gasteiger partial charge on any atom is -0.294 e. The van der Waals surface area contributed by atoms with Gasteiger partial charge in [0, 0.05) is 39.1 Å². The van der Waals surface area contributed by atoms with Crippen molar-refractivity contribution in [3.05, 3.63) is 163 Å². The second-order valence-electron chi connectivity index (χ2n) is 13.6. The smallest absolute Gasteiger partial charge is 0.164 e. The van der Waals surface area contributed by atoms with Crippen LogP contribution in [0.25, 0.3) is 83.7 Å². The van der Waals surface area contributed by atoms with Crippen molar-refractivity contribution in [1.82, 2.24) is 24.5 Å². The van der Waals surface area contributed by atoms with Crippen molar-refractivity contribution in [2.24, 2.45) is 0 Å². The molecule has 0 saturated heterocycles. The fourth-order valence-electron chi connectivity index (χ4n) is 7.77. The molecule has 10 rings (SSSR count). The summed E-state index contributed by atoms with van der Waals surface area (Å²) >= 11 is 0. The summed E-state index contributed by atoms with van der Waals surface area (Å²) in [5, 5.41) is 4.73. The van der Waals surface area contributed by atoms with Gasteiger partial charge in [-0.1, -0.05) is 123 Å². The second kappa shape index (κ2) is 10.8. The Balaban J connectivity index is 1.17. The summed E-state index contributed by atoms with van der Waals surface area (Å²) in [6, 6.07) is 51.1. The molecule has 6 aromatic carbocycles. The molecular formula is C45H31N5. The number of hydrogen-bond donors (Lipinski definition) is 0. The van der Waals surface area contributed by atoms with Crippen LogP contribution in [0.15, 0.2) is 152 Å². The van der Waals surface area contributed by atoms with E-state index in [0.717, 1.165) is 38.9 Å². The zero-order valence-electron chi connectivity index (χ0n) is 27.7. The molecule has 3 aromatic heterocycles. The molecular weight excluding hydrogens is 611 g/mol. The number of rotatable bonds is 4. The van der Waals surface area contributed by atoms with Gasteiger partial charge in [0.25, 0.3) is 0 Å². The highest BCUT2D eigenvalue weighted by atomic mass is 15.1. The molecule has 0 bridgehead atoms. The van der Waals surface area contributed by atoms with E-state index in [1.807, 2.05) is 42.6 Å². The lowest BCUT2D eigenvalue weighted by molar-refractivity contribution is 0.661. The first-order chi connectivity index (χ1) is 24.5. The largest absolute Gasteiger partial charge is 0.294 e. The molecule has 0 fully saturated rings. The first kappa shape index (κ1) is 28.5. The van der Waals surface area contributed by atoms with Crippen LogP contribution in [-0.4, -0.2) is 24.5 Å². The third-order valence-corrected chi connectivity index (χ3v) is 10.3. The molecule has 0 radical (unpaired) electrons. The third-order valence-electron chi connectivity index (χ3n) is 10.3. The first-order valence-electron chi connectivity index (χ1n) is 17.0. The Morgan fingerprint density at radius 3 is 1.98 bits per heavy atom. The minimum absolute atomic E-state index is 0.117. The molecule has 1 aliphatic carbocycles. The third kappa shape index (κ3) is 4.33. The van der Waals surface area contributed by atoms with Crippen LogP contribution in [0.3, 0.4) is 0 Å². The van der Waals surface area contributed by atoms with E-state index < -0.39 is 0 Å². The number of hydrogen-bond acceptors (Lipinski definition) is 4. The summed E-state index contributed by atoms with van der Waals surface area (Å²) in [6.07, 6.45) is 1.86. The molecule has 0 amide bonds. The lowest BCUT2D eigenvalue weighted by Gasteiger charge is -2.21. The summed E-state index contributed by atoms with van der Waals surface area (Å²) < 4.78 is 2.29. The van der Waals surface area contributed by atoms with E-state index in [9.17, 15) is 0 Å². The van der Waals surface area contributed by atoms with Crippen molar-refractivity contribution in [1.29, 1.82) is 0 Å². The van der Waals surface area contributed by atoms with Crippen molar-refractivity contribution in [3.63, 3.8) is 0 Å². The number of aromatic nitrogens is 5. The van der Waals surface area contributed by atoms with Gasteiger partial charge in [-0.05, 0) is 69.4 Å². The molecule has 0 aliphatic heterocycles. The standard InChI is InChI=1S/C45H31N5/c1-45(2)37-18-10-8-16-33(37)35-26-36-34-17-9-11-19-39(34)50(40(36)27-38(35)45)41-25-32(22-23-46-41)44-48-42(29-13-4-3-5-14-29)47-43(49-44)31-21-20-28-12-6-7-15-30(28)24-31/h3-27H,1-2H3. The van der Waals surface area contributed by atoms with Gasteiger partial charge in [-0.15, -0.1) is 0 Å². The summed E-state index contributed by atoms with van der Waals surface area (Å²) in [5.41, 5.74) is 10.2. The van der Waals surface area contributed by atoms with Crippen molar-refractivity contribution < 1.29 is 0 Å². The summed E-state index contributed by atoms with van der Waals surface area (Å²) in [4.78, 5) is 20.1. The minimum atomic E-state index is -0.117. The fourth-order valence-corrected chi connectivity index (χ4v) is 7.77. The van der Waals surface area contributed by atoms with E-state index in [4.69, 9.17) is 19.9 Å². The van der Waals surface area contributed by atoms with Crippen LogP contribution in [0.4, 0.5) is 0 Å². The van der Waals surface area contributed by atoms with E-state index in [0.29, 0.717) is 17.5 Å². The molecule has 5 heteroatoms. The van der Waals surface area contributed by atoms with Crippen molar-refractivity contribution >= 4 is 32.6 Å². The van der Waals surface area contributed by atoms with Crippen molar-refractivity contribution in [2.75, 3.05) is 0 Å². The Kier molecular flexibility index (Phi) is 6.15. The number of nitrogens with zero attached hydrogens (tertiary/aromatic N) is 5. The molecule has 0 spiro atoms. The summed E-state index contributed by atoms with van der Waals surface area (Å²) in [6.45, 7) is 4.65. The Hall–Kier alpha value is -6.46. The maximum Gasteiger partial charge on any atom is 0.164 e. The van der Waals surface area contributed by atoms with Crippen molar-refractivity contribution in [2.45, 2.75) is 19.3 Å². The van der Waals surface area contributed by atoms with E-state index in [1.54, 1.807) is 0 Å². The molecule has 5 nitrogen and oxygen atoms in total. The molecule has 0 atom stereocenters. The van der Waals surface area contributed by atoms with E-state index in [-0.39, 0.29) is 5.41 Å². The SMILES string of the molecule is CC1(C)c2ccccc2-c2cc3c4ccccc4n(-c4cc(-c5nc(-c6ccccc6)nc(-c6ccc7ccccc7c6)n5)ccn4)c3cc21. The monoisotopic (exact) mass is 641 g/mol. The second-order valence-corrected chi connectivity index (χ2v) is 13.6. The highest BCUT2D eigenvalue weighted by Gasteiger charge is 2.36. The van der Waals surface area contributed by atoms with E-state index >= 15 is 0 Å². The lowest BCUT2D eigenvalue weighted by atomic mass is 9.82. The average Bonchev–Trinajstić information content (AvgIpc) is 3.62. The van der Waals surface area contributed by atoms with Gasteiger partial charge in [-0.3, -0.25) is 4.57 Å². The van der Waals surface area contributed by atoms with Gasteiger partial charge >= 0.3 is 0 Å². The Bertz CT molecular complexity index is 2800. The van der Waals surface area contributed by atoms with Crippen LogP contribution < -0.4 is 0 Å². The number of pyridine rings is 1. The predicted octanol–water partition coefficient (Wildman–Crippen LogP) is 10.8. The number of para-hydroxylation sites is 1. The molecule has 9 aromatic rings. The van der Waals surface area contributed by atoms with E-state index in [2.05, 4.69) is 128 Å². The summed E-state index contributed by atoms with van der Waals surface area (Å²) in [5.74, 6) is 2.68. The van der Waals surface area contributed by atoms with Gasteiger partial charge in [0.15, 0.2) is 17.5 Å².